The lowest BCUT2D eigenvalue weighted by molar-refractivity contribution is -0.141. The first-order valence-corrected chi connectivity index (χ1v) is 3.21. The van der Waals surface area contributed by atoms with Crippen molar-refractivity contribution in [2.24, 2.45) is 0 Å². The van der Waals surface area contributed by atoms with Gasteiger partial charge in [0.2, 0.25) is 0 Å². The summed E-state index contributed by atoms with van der Waals surface area (Å²) in [6.45, 7) is 0. The van der Waals surface area contributed by atoms with Crippen LogP contribution in [0.2, 0.25) is 5.02 Å². The largest absolute Gasteiger partial charge is 0.506 e. The zero-order valence-corrected chi connectivity index (χ0v) is 6.32. The molecule has 0 radical (unpaired) electrons. The molecule has 0 aliphatic rings. The molecule has 1 rings (SSSR count). The van der Waals surface area contributed by atoms with Crippen LogP contribution < -0.4 is 0 Å². The van der Waals surface area contributed by atoms with Crippen LogP contribution in [0, 0.1) is 0 Å². The number of aromatic hydroxyl groups is 1. The molecule has 0 bridgehead atoms. The maximum atomic E-state index is 12.0. The van der Waals surface area contributed by atoms with Crippen LogP contribution in [0.3, 0.4) is 0 Å². The number of pyridine rings is 1. The highest BCUT2D eigenvalue weighted by Crippen LogP contribution is 2.33. The minimum Gasteiger partial charge on any atom is -0.506 e. The first-order chi connectivity index (χ1) is 5.41. The van der Waals surface area contributed by atoms with Gasteiger partial charge in [0.1, 0.15) is 5.75 Å². The van der Waals surface area contributed by atoms with Gasteiger partial charge in [0.05, 0.1) is 11.2 Å². The van der Waals surface area contributed by atoms with Crippen LogP contribution in [0.1, 0.15) is 5.69 Å². The average Bonchev–Trinajstić information content (AvgIpc) is 1.83. The van der Waals surface area contributed by atoms with E-state index in [1.54, 1.807) is 0 Å². The molecule has 2 nitrogen and oxygen atoms in total. The number of aromatic nitrogens is 1. The monoisotopic (exact) mass is 197 g/mol. The summed E-state index contributed by atoms with van der Waals surface area (Å²) in [4.78, 5) is 2.94. The van der Waals surface area contributed by atoms with E-state index in [9.17, 15) is 13.2 Å². The molecule has 0 atom stereocenters. The molecule has 0 saturated carbocycles. The highest BCUT2D eigenvalue weighted by molar-refractivity contribution is 6.31. The smallest absolute Gasteiger partial charge is 0.434 e. The van der Waals surface area contributed by atoms with E-state index in [2.05, 4.69) is 4.98 Å². The van der Waals surface area contributed by atoms with E-state index in [1.165, 1.54) is 0 Å². The molecule has 0 aliphatic carbocycles. The molecular formula is C6H3ClF3NO. The molecule has 0 unspecified atom stereocenters. The van der Waals surface area contributed by atoms with Crippen molar-refractivity contribution in [3.8, 4) is 5.75 Å². The second-order valence-corrected chi connectivity index (χ2v) is 2.43. The van der Waals surface area contributed by atoms with E-state index in [1.807, 2.05) is 0 Å². The van der Waals surface area contributed by atoms with Gasteiger partial charge < -0.3 is 5.11 Å². The van der Waals surface area contributed by atoms with E-state index in [0.717, 1.165) is 6.07 Å². The predicted molar refractivity (Wildman–Crippen MR) is 35.9 cm³/mol. The maximum absolute atomic E-state index is 12.0. The van der Waals surface area contributed by atoms with Crippen LogP contribution in [0.4, 0.5) is 13.2 Å². The van der Waals surface area contributed by atoms with Gasteiger partial charge >= 0.3 is 6.18 Å². The summed E-state index contributed by atoms with van der Waals surface area (Å²) < 4.78 is 35.9. The van der Waals surface area contributed by atoms with Crippen molar-refractivity contribution in [2.75, 3.05) is 0 Å². The molecule has 0 amide bonds. The number of nitrogens with zero attached hydrogens (tertiary/aromatic N) is 1. The van der Waals surface area contributed by atoms with Crippen molar-refractivity contribution in [3.63, 3.8) is 0 Å². The average molecular weight is 198 g/mol. The fourth-order valence-corrected chi connectivity index (χ4v) is 0.904. The predicted octanol–water partition coefficient (Wildman–Crippen LogP) is 2.46. The third-order valence-electron chi connectivity index (χ3n) is 1.10. The molecule has 0 aromatic carbocycles. The van der Waals surface area contributed by atoms with E-state index < -0.39 is 22.6 Å². The first kappa shape index (κ1) is 9.12. The van der Waals surface area contributed by atoms with Crippen molar-refractivity contribution >= 4 is 11.6 Å². The van der Waals surface area contributed by atoms with Crippen LogP contribution in [0.5, 0.6) is 5.75 Å². The van der Waals surface area contributed by atoms with Gasteiger partial charge in [-0.05, 0) is 0 Å². The van der Waals surface area contributed by atoms with Gasteiger partial charge in [-0.2, -0.15) is 13.2 Å². The van der Waals surface area contributed by atoms with Crippen molar-refractivity contribution < 1.29 is 18.3 Å². The number of hydrogen-bond donors (Lipinski definition) is 1. The number of alkyl halides is 3. The minimum absolute atomic E-state index is 0.395. The molecule has 1 aromatic heterocycles. The maximum Gasteiger partial charge on any atom is 0.434 e. The van der Waals surface area contributed by atoms with E-state index in [-0.39, 0.29) is 0 Å². The van der Waals surface area contributed by atoms with E-state index in [4.69, 9.17) is 16.7 Å². The summed E-state index contributed by atoms with van der Waals surface area (Å²) in [5.74, 6) is -0.395. The highest BCUT2D eigenvalue weighted by atomic mass is 35.5. The van der Waals surface area contributed by atoms with Crippen LogP contribution >= 0.6 is 11.6 Å². The van der Waals surface area contributed by atoms with Crippen LogP contribution in [-0.4, -0.2) is 10.1 Å². The molecule has 1 aromatic rings. The summed E-state index contributed by atoms with van der Waals surface area (Å²) in [5.41, 5.74) is -1.19. The summed E-state index contributed by atoms with van der Waals surface area (Å²) in [7, 11) is 0. The Balaban J connectivity index is 3.19. The lowest BCUT2D eigenvalue weighted by Gasteiger charge is -2.06. The Hall–Kier alpha value is -0.970. The Morgan fingerprint density at radius 1 is 1.42 bits per heavy atom. The van der Waals surface area contributed by atoms with Gasteiger partial charge in [0.15, 0.2) is 5.69 Å². The Labute approximate surface area is 70.6 Å². The summed E-state index contributed by atoms with van der Waals surface area (Å²) >= 11 is 5.17. The standard InChI is InChI=1S/C6H3ClF3NO/c7-4-1-3(12)2-11-5(4)6(8,9)10/h1-2,12H. The van der Waals surface area contributed by atoms with Gasteiger partial charge in [-0.1, -0.05) is 11.6 Å². The third kappa shape index (κ3) is 1.79. The van der Waals surface area contributed by atoms with Gasteiger partial charge in [0.25, 0.3) is 0 Å². The molecule has 6 heteroatoms. The van der Waals surface area contributed by atoms with Gasteiger partial charge in [-0.15, -0.1) is 0 Å². The fraction of sp³-hybridized carbons (Fsp3) is 0.167. The molecule has 0 spiro atoms. The normalized spacial score (nSPS) is 11.7. The summed E-state index contributed by atoms with van der Waals surface area (Å²) in [6, 6.07) is 0.789. The lowest BCUT2D eigenvalue weighted by Crippen LogP contribution is -2.08. The van der Waals surface area contributed by atoms with E-state index >= 15 is 0 Å². The Kier molecular flexibility index (Phi) is 2.14. The van der Waals surface area contributed by atoms with Crippen LogP contribution in [0.25, 0.3) is 0 Å². The van der Waals surface area contributed by atoms with Crippen molar-refractivity contribution in [2.45, 2.75) is 6.18 Å². The molecule has 0 aliphatic heterocycles. The molecule has 0 saturated heterocycles. The zero-order chi connectivity index (χ0) is 9.35. The van der Waals surface area contributed by atoms with Crippen molar-refractivity contribution in [1.29, 1.82) is 0 Å². The summed E-state index contributed by atoms with van der Waals surface area (Å²) in [6.07, 6.45) is -3.89. The SMILES string of the molecule is Oc1cnc(C(F)(F)F)c(Cl)c1. The second-order valence-electron chi connectivity index (χ2n) is 2.02. The van der Waals surface area contributed by atoms with Crippen LogP contribution in [-0.2, 0) is 6.18 Å². The molecule has 66 valence electrons. The Morgan fingerprint density at radius 3 is 2.42 bits per heavy atom. The topological polar surface area (TPSA) is 33.1 Å². The minimum atomic E-state index is -4.58. The molecule has 1 N–H and O–H groups in total. The summed E-state index contributed by atoms with van der Waals surface area (Å²) in [5, 5.41) is 8.08. The Morgan fingerprint density at radius 2 is 2.00 bits per heavy atom. The molecule has 0 fully saturated rings. The third-order valence-corrected chi connectivity index (χ3v) is 1.38. The molecule has 12 heavy (non-hydrogen) atoms. The lowest BCUT2D eigenvalue weighted by atomic mass is 10.3. The first-order valence-electron chi connectivity index (χ1n) is 2.83. The number of rotatable bonds is 0. The van der Waals surface area contributed by atoms with E-state index in [0.29, 0.717) is 6.20 Å². The van der Waals surface area contributed by atoms with Crippen molar-refractivity contribution in [3.05, 3.63) is 23.0 Å². The number of hydrogen-bond acceptors (Lipinski definition) is 2. The molecular weight excluding hydrogens is 195 g/mol. The quantitative estimate of drug-likeness (QED) is 0.693. The van der Waals surface area contributed by atoms with Gasteiger partial charge in [-0.25, -0.2) is 4.98 Å². The van der Waals surface area contributed by atoms with Gasteiger partial charge in [-0.3, -0.25) is 0 Å². The highest BCUT2D eigenvalue weighted by Gasteiger charge is 2.35. The molecule has 1 heterocycles. The fourth-order valence-electron chi connectivity index (χ4n) is 0.636. The van der Waals surface area contributed by atoms with Gasteiger partial charge in [0, 0.05) is 6.07 Å². The van der Waals surface area contributed by atoms with Crippen LogP contribution in [0.15, 0.2) is 12.3 Å². The Bertz CT molecular complexity index is 299. The number of halogens is 4. The zero-order valence-electron chi connectivity index (χ0n) is 5.56. The van der Waals surface area contributed by atoms with Crippen molar-refractivity contribution in [1.82, 2.24) is 4.98 Å². The second kappa shape index (κ2) is 2.82.